The lowest BCUT2D eigenvalue weighted by atomic mass is 9.96. The third kappa shape index (κ3) is 5.00. The summed E-state index contributed by atoms with van der Waals surface area (Å²) in [5.74, 6) is -1.30. The number of aliphatic hydroxyl groups excluding tert-OH is 1. The summed E-state index contributed by atoms with van der Waals surface area (Å²) in [7, 11) is 0. The quantitative estimate of drug-likeness (QED) is 0.694. The maximum atomic E-state index is 11.5. The van der Waals surface area contributed by atoms with Gasteiger partial charge in [0.1, 0.15) is 0 Å². The molecule has 0 fully saturated rings. The van der Waals surface area contributed by atoms with Crippen LogP contribution < -0.4 is 10.6 Å². The lowest BCUT2D eigenvalue weighted by Gasteiger charge is -2.20. The Kier molecular flexibility index (Phi) is 6.52. The number of carbonyl (C=O) groups excluding carboxylic acids is 2. The van der Waals surface area contributed by atoms with Crippen LogP contribution in [0.4, 0.5) is 5.69 Å². The van der Waals surface area contributed by atoms with E-state index in [4.69, 9.17) is 0 Å². The van der Waals surface area contributed by atoms with Crippen molar-refractivity contribution in [3.05, 3.63) is 16.8 Å². The van der Waals surface area contributed by atoms with Crippen LogP contribution in [0, 0.1) is 5.92 Å². The molecule has 1 rings (SSSR count). The zero-order chi connectivity index (χ0) is 14.3. The first kappa shape index (κ1) is 15.7. The lowest BCUT2D eigenvalue weighted by Crippen LogP contribution is -2.41. The Morgan fingerprint density at radius 1 is 1.32 bits per heavy atom. The molecule has 106 valence electrons. The Bertz CT molecular complexity index is 402. The monoisotopic (exact) mass is 284 g/mol. The molecule has 5 nitrogen and oxygen atoms in total. The summed E-state index contributed by atoms with van der Waals surface area (Å²) in [6, 6.07) is 1.72. The SMILES string of the molecule is CCC(CC)C(O)CNC(=O)C(=O)Nc1ccsc1. The molecular formula is C13H20N2O3S. The molecule has 0 bridgehead atoms. The third-order valence-electron chi connectivity index (χ3n) is 3.05. The fraction of sp³-hybridized carbons (Fsp3) is 0.538. The molecule has 1 unspecified atom stereocenters. The maximum absolute atomic E-state index is 11.5. The number of anilines is 1. The second-order valence-electron chi connectivity index (χ2n) is 4.32. The largest absolute Gasteiger partial charge is 0.391 e. The molecule has 3 N–H and O–H groups in total. The molecule has 1 aromatic rings. The van der Waals surface area contributed by atoms with E-state index in [9.17, 15) is 14.7 Å². The number of hydrogen-bond acceptors (Lipinski definition) is 4. The Hall–Kier alpha value is -1.40. The van der Waals surface area contributed by atoms with Gasteiger partial charge in [-0.2, -0.15) is 11.3 Å². The molecule has 1 heterocycles. The third-order valence-corrected chi connectivity index (χ3v) is 3.73. The van der Waals surface area contributed by atoms with Crippen LogP contribution >= 0.6 is 11.3 Å². The van der Waals surface area contributed by atoms with E-state index < -0.39 is 17.9 Å². The Balaban J connectivity index is 2.36. The summed E-state index contributed by atoms with van der Waals surface area (Å²) < 4.78 is 0. The molecule has 19 heavy (non-hydrogen) atoms. The second kappa shape index (κ2) is 7.91. The Morgan fingerprint density at radius 3 is 2.53 bits per heavy atom. The number of nitrogens with one attached hydrogen (secondary N) is 2. The van der Waals surface area contributed by atoms with Gasteiger partial charge in [-0.15, -0.1) is 0 Å². The van der Waals surface area contributed by atoms with Gasteiger partial charge in [0.2, 0.25) is 0 Å². The first-order chi connectivity index (χ1) is 9.08. The van der Waals surface area contributed by atoms with Crippen LogP contribution in [-0.2, 0) is 9.59 Å². The summed E-state index contributed by atoms with van der Waals surface area (Å²) in [6.07, 6.45) is 1.07. The predicted molar refractivity (Wildman–Crippen MR) is 76.0 cm³/mol. The van der Waals surface area contributed by atoms with E-state index in [1.165, 1.54) is 11.3 Å². The predicted octanol–water partition coefficient (Wildman–Crippen LogP) is 1.60. The van der Waals surface area contributed by atoms with E-state index in [1.54, 1.807) is 11.4 Å². The van der Waals surface area contributed by atoms with Crippen molar-refractivity contribution in [2.24, 2.45) is 5.92 Å². The van der Waals surface area contributed by atoms with E-state index in [0.717, 1.165) is 12.8 Å². The number of aliphatic hydroxyl groups is 1. The van der Waals surface area contributed by atoms with Crippen molar-refractivity contribution in [1.82, 2.24) is 5.32 Å². The fourth-order valence-electron chi connectivity index (χ4n) is 1.80. The molecule has 0 radical (unpaired) electrons. The highest BCUT2D eigenvalue weighted by molar-refractivity contribution is 7.08. The van der Waals surface area contributed by atoms with Crippen LogP contribution in [0.5, 0.6) is 0 Å². The minimum Gasteiger partial charge on any atom is -0.391 e. The summed E-state index contributed by atoms with van der Waals surface area (Å²) >= 11 is 1.43. The van der Waals surface area contributed by atoms with E-state index in [1.807, 2.05) is 19.2 Å². The minimum absolute atomic E-state index is 0.0994. The van der Waals surface area contributed by atoms with E-state index in [2.05, 4.69) is 10.6 Å². The van der Waals surface area contributed by atoms with Crippen molar-refractivity contribution in [2.45, 2.75) is 32.8 Å². The van der Waals surface area contributed by atoms with Crippen LogP contribution in [0.15, 0.2) is 16.8 Å². The molecule has 0 spiro atoms. The summed E-state index contributed by atoms with van der Waals surface area (Å²) in [4.78, 5) is 23.1. The van der Waals surface area contributed by atoms with Crippen LogP contribution in [0.25, 0.3) is 0 Å². The summed E-state index contributed by atoms with van der Waals surface area (Å²) in [5.41, 5.74) is 0.602. The van der Waals surface area contributed by atoms with Crippen molar-refractivity contribution in [3.8, 4) is 0 Å². The van der Waals surface area contributed by atoms with Crippen LogP contribution in [0.1, 0.15) is 26.7 Å². The van der Waals surface area contributed by atoms with Crippen LogP contribution in [-0.4, -0.2) is 29.6 Å². The van der Waals surface area contributed by atoms with Crippen LogP contribution in [0.3, 0.4) is 0 Å². The Morgan fingerprint density at radius 2 is 2.00 bits per heavy atom. The highest BCUT2D eigenvalue weighted by atomic mass is 32.1. The van der Waals surface area contributed by atoms with E-state index >= 15 is 0 Å². The molecule has 0 saturated heterocycles. The topological polar surface area (TPSA) is 78.4 Å². The standard InChI is InChI=1S/C13H20N2O3S/c1-3-9(4-2)11(16)7-14-12(17)13(18)15-10-5-6-19-8-10/h5-6,8-9,11,16H,3-4,7H2,1-2H3,(H,14,17)(H,15,18). The number of amides is 2. The number of rotatable bonds is 6. The van der Waals surface area contributed by atoms with Crippen molar-refractivity contribution < 1.29 is 14.7 Å². The molecule has 0 aliphatic heterocycles. The van der Waals surface area contributed by atoms with Gasteiger partial charge in [0.25, 0.3) is 0 Å². The molecule has 0 aliphatic rings. The first-order valence-corrected chi connectivity index (χ1v) is 7.32. The van der Waals surface area contributed by atoms with Gasteiger partial charge in [-0.05, 0) is 17.4 Å². The normalized spacial score (nSPS) is 12.2. The fourth-order valence-corrected chi connectivity index (χ4v) is 2.39. The maximum Gasteiger partial charge on any atom is 0.313 e. The molecule has 1 atom stereocenters. The van der Waals surface area contributed by atoms with E-state index in [-0.39, 0.29) is 12.5 Å². The van der Waals surface area contributed by atoms with Gasteiger partial charge in [-0.3, -0.25) is 9.59 Å². The number of hydrogen-bond donors (Lipinski definition) is 3. The number of thiophene rings is 1. The smallest absolute Gasteiger partial charge is 0.313 e. The van der Waals surface area contributed by atoms with Crippen molar-refractivity contribution in [3.63, 3.8) is 0 Å². The van der Waals surface area contributed by atoms with Crippen LogP contribution in [0.2, 0.25) is 0 Å². The Labute approximate surface area is 117 Å². The molecule has 0 saturated carbocycles. The second-order valence-corrected chi connectivity index (χ2v) is 5.10. The van der Waals surface area contributed by atoms with Gasteiger partial charge in [0.05, 0.1) is 11.8 Å². The molecule has 6 heteroatoms. The van der Waals surface area contributed by atoms with Gasteiger partial charge in [-0.1, -0.05) is 26.7 Å². The van der Waals surface area contributed by atoms with Gasteiger partial charge >= 0.3 is 11.8 Å². The first-order valence-electron chi connectivity index (χ1n) is 6.37. The van der Waals surface area contributed by atoms with Gasteiger partial charge in [-0.25, -0.2) is 0 Å². The minimum atomic E-state index is -0.726. The highest BCUT2D eigenvalue weighted by Gasteiger charge is 2.19. The molecule has 1 aromatic heterocycles. The summed E-state index contributed by atoms with van der Waals surface area (Å²) in [5, 5.41) is 18.3. The molecule has 2 amide bonds. The van der Waals surface area contributed by atoms with Crippen molar-refractivity contribution in [2.75, 3.05) is 11.9 Å². The highest BCUT2D eigenvalue weighted by Crippen LogP contribution is 2.13. The molecule has 0 aliphatic carbocycles. The van der Waals surface area contributed by atoms with E-state index in [0.29, 0.717) is 5.69 Å². The summed E-state index contributed by atoms with van der Waals surface area (Å²) in [6.45, 7) is 4.08. The lowest BCUT2D eigenvalue weighted by molar-refractivity contribution is -0.136. The zero-order valence-electron chi connectivity index (χ0n) is 11.2. The number of carbonyl (C=O) groups is 2. The molecule has 0 aromatic carbocycles. The van der Waals surface area contributed by atoms with Gasteiger partial charge in [0, 0.05) is 11.9 Å². The van der Waals surface area contributed by atoms with Gasteiger partial charge in [0.15, 0.2) is 0 Å². The average Bonchev–Trinajstić information content (AvgIpc) is 2.90. The van der Waals surface area contributed by atoms with Gasteiger partial charge < -0.3 is 15.7 Å². The van der Waals surface area contributed by atoms with Crippen molar-refractivity contribution in [1.29, 1.82) is 0 Å². The zero-order valence-corrected chi connectivity index (χ0v) is 12.0. The average molecular weight is 284 g/mol. The van der Waals surface area contributed by atoms with Crippen molar-refractivity contribution >= 4 is 28.8 Å². The molecular weight excluding hydrogens is 264 g/mol.